The van der Waals surface area contributed by atoms with Crippen molar-refractivity contribution in [3.05, 3.63) is 102 Å². The van der Waals surface area contributed by atoms with Crippen molar-refractivity contribution in [1.29, 1.82) is 0 Å². The Hall–Kier alpha value is -3.57. The summed E-state index contributed by atoms with van der Waals surface area (Å²) in [6, 6.07) is 29.6. The third kappa shape index (κ3) is 6.41. The molecule has 5 rings (SSSR count). The summed E-state index contributed by atoms with van der Waals surface area (Å²) in [5.41, 5.74) is 5.01. The molecule has 2 heterocycles. The third-order valence-electron chi connectivity index (χ3n) is 7.19. The van der Waals surface area contributed by atoms with E-state index in [0.29, 0.717) is 6.54 Å². The number of carbonyl (C=O) groups is 1. The lowest BCUT2D eigenvalue weighted by molar-refractivity contribution is -0.126. The van der Waals surface area contributed by atoms with Crippen LogP contribution >= 0.6 is 0 Å². The van der Waals surface area contributed by atoms with E-state index in [1.165, 1.54) is 22.2 Å². The van der Waals surface area contributed by atoms with Gasteiger partial charge in [-0.25, -0.2) is 0 Å². The fourth-order valence-corrected chi connectivity index (χ4v) is 5.23. The average molecular weight is 496 g/mol. The first-order valence-electron chi connectivity index (χ1n) is 13.4. The fourth-order valence-electron chi connectivity index (χ4n) is 5.23. The lowest BCUT2D eigenvalue weighted by Gasteiger charge is -2.31. The molecule has 0 spiro atoms. The van der Waals surface area contributed by atoms with Gasteiger partial charge in [-0.15, -0.1) is 0 Å². The number of para-hydroxylation sites is 1. The molecule has 0 bridgehead atoms. The Morgan fingerprint density at radius 2 is 1.59 bits per heavy atom. The minimum absolute atomic E-state index is 0.0787. The van der Waals surface area contributed by atoms with Crippen LogP contribution in [-0.2, 0) is 24.4 Å². The van der Waals surface area contributed by atoms with Gasteiger partial charge in [0.1, 0.15) is 5.75 Å². The van der Waals surface area contributed by atoms with Gasteiger partial charge in [-0.3, -0.25) is 9.69 Å². The maximum Gasteiger partial charge on any atom is 0.223 e. The molecule has 1 N–H and O–H groups in total. The molecule has 37 heavy (non-hydrogen) atoms. The molecule has 4 aromatic rings. The number of piperidine rings is 1. The van der Waals surface area contributed by atoms with Crippen LogP contribution in [0, 0.1) is 5.92 Å². The maximum absolute atomic E-state index is 12.9. The molecule has 1 aromatic heterocycles. The minimum Gasteiger partial charge on any atom is -0.491 e. The second-order valence-electron chi connectivity index (χ2n) is 10.3. The third-order valence-corrected chi connectivity index (χ3v) is 7.19. The summed E-state index contributed by atoms with van der Waals surface area (Å²) < 4.78 is 8.15. The van der Waals surface area contributed by atoms with Gasteiger partial charge in [-0.2, -0.15) is 0 Å². The molecule has 0 unspecified atom stereocenters. The molecule has 5 nitrogen and oxygen atoms in total. The number of fused-ring (bicyclic) bond motifs is 1. The first kappa shape index (κ1) is 25.1. The van der Waals surface area contributed by atoms with Crippen LogP contribution in [0.3, 0.4) is 0 Å². The largest absolute Gasteiger partial charge is 0.491 e. The monoisotopic (exact) mass is 495 g/mol. The zero-order valence-corrected chi connectivity index (χ0v) is 21.9. The highest BCUT2D eigenvalue weighted by Gasteiger charge is 2.25. The quantitative estimate of drug-likeness (QED) is 0.310. The molecule has 3 aromatic carbocycles. The molecule has 0 aliphatic carbocycles. The first-order chi connectivity index (χ1) is 18.0. The van der Waals surface area contributed by atoms with Gasteiger partial charge in [-0.1, -0.05) is 60.7 Å². The molecular formula is C32H37N3O2. The first-order valence-corrected chi connectivity index (χ1v) is 13.4. The SMILES string of the molecule is CC(C)Oc1ccc(CNC(=O)C2CCN(Cc3cc4ccccc4n3Cc3ccccc3)CC2)cc1. The Bertz CT molecular complexity index is 1300. The van der Waals surface area contributed by atoms with Crippen molar-refractivity contribution in [2.24, 2.45) is 5.92 Å². The average Bonchev–Trinajstić information content (AvgIpc) is 3.25. The topological polar surface area (TPSA) is 46.5 Å². The summed E-state index contributed by atoms with van der Waals surface area (Å²) in [5, 5.41) is 4.43. The zero-order chi connectivity index (χ0) is 25.6. The van der Waals surface area contributed by atoms with Gasteiger partial charge >= 0.3 is 0 Å². The lowest BCUT2D eigenvalue weighted by atomic mass is 9.95. The molecule has 192 valence electrons. The highest BCUT2D eigenvalue weighted by atomic mass is 16.5. The summed E-state index contributed by atoms with van der Waals surface area (Å²) >= 11 is 0. The maximum atomic E-state index is 12.9. The van der Waals surface area contributed by atoms with Gasteiger partial charge in [0.2, 0.25) is 5.91 Å². The number of hydrogen-bond donors (Lipinski definition) is 1. The van der Waals surface area contributed by atoms with Crippen molar-refractivity contribution >= 4 is 16.8 Å². The van der Waals surface area contributed by atoms with Crippen LogP contribution < -0.4 is 10.1 Å². The summed E-state index contributed by atoms with van der Waals surface area (Å²) in [4.78, 5) is 15.4. The van der Waals surface area contributed by atoms with Gasteiger partial charge in [0.15, 0.2) is 0 Å². The predicted molar refractivity (Wildman–Crippen MR) is 150 cm³/mol. The minimum atomic E-state index is 0.0787. The summed E-state index contributed by atoms with van der Waals surface area (Å²) in [5.74, 6) is 1.11. The Morgan fingerprint density at radius 3 is 2.32 bits per heavy atom. The normalized spacial score (nSPS) is 14.8. The van der Waals surface area contributed by atoms with Crippen LogP contribution in [0.5, 0.6) is 5.75 Å². The van der Waals surface area contributed by atoms with Crippen molar-refractivity contribution in [1.82, 2.24) is 14.8 Å². The number of ether oxygens (including phenoxy) is 1. The molecule has 1 aliphatic rings. The van der Waals surface area contributed by atoms with E-state index in [-0.39, 0.29) is 17.9 Å². The van der Waals surface area contributed by atoms with Crippen LogP contribution in [0.15, 0.2) is 84.9 Å². The van der Waals surface area contributed by atoms with Crippen LogP contribution in [0.1, 0.15) is 43.5 Å². The Morgan fingerprint density at radius 1 is 0.892 bits per heavy atom. The van der Waals surface area contributed by atoms with Gasteiger partial charge in [-0.05, 0) is 80.6 Å². The van der Waals surface area contributed by atoms with Crippen LogP contribution in [0.2, 0.25) is 0 Å². The Labute approximate surface area is 220 Å². The van der Waals surface area contributed by atoms with Gasteiger partial charge < -0.3 is 14.6 Å². The van der Waals surface area contributed by atoms with Crippen LogP contribution in [-0.4, -0.2) is 34.6 Å². The fraction of sp³-hybridized carbons (Fsp3) is 0.344. The van der Waals surface area contributed by atoms with Gasteiger partial charge in [0.05, 0.1) is 6.10 Å². The molecular weight excluding hydrogens is 458 g/mol. The second kappa shape index (κ2) is 11.7. The highest BCUT2D eigenvalue weighted by molar-refractivity contribution is 5.81. The van der Waals surface area contributed by atoms with Crippen molar-refractivity contribution in [2.45, 2.75) is 52.4 Å². The molecule has 5 heteroatoms. The highest BCUT2D eigenvalue weighted by Crippen LogP contribution is 2.25. The van der Waals surface area contributed by atoms with E-state index < -0.39 is 0 Å². The molecule has 0 saturated carbocycles. The van der Waals surface area contributed by atoms with E-state index in [1.807, 2.05) is 38.1 Å². The predicted octanol–water partition coefficient (Wildman–Crippen LogP) is 6.01. The molecule has 0 atom stereocenters. The summed E-state index contributed by atoms with van der Waals surface area (Å²) in [6.45, 7) is 8.24. The van der Waals surface area contributed by atoms with Crippen LogP contribution in [0.4, 0.5) is 0 Å². The molecule has 1 amide bonds. The molecule has 1 fully saturated rings. The number of rotatable bonds is 9. The number of likely N-dealkylation sites (tertiary alicyclic amines) is 1. The second-order valence-corrected chi connectivity index (χ2v) is 10.3. The molecule has 0 radical (unpaired) electrons. The Balaban J connectivity index is 1.16. The smallest absolute Gasteiger partial charge is 0.223 e. The zero-order valence-electron chi connectivity index (χ0n) is 21.9. The number of amides is 1. The van der Waals surface area contributed by atoms with E-state index in [4.69, 9.17) is 4.74 Å². The number of aromatic nitrogens is 1. The number of nitrogens with one attached hydrogen (secondary N) is 1. The Kier molecular flexibility index (Phi) is 7.90. The molecule has 1 saturated heterocycles. The van der Waals surface area contributed by atoms with Crippen molar-refractivity contribution in [3.8, 4) is 5.75 Å². The van der Waals surface area contributed by atoms with Crippen LogP contribution in [0.25, 0.3) is 10.9 Å². The van der Waals surface area contributed by atoms with Gasteiger partial charge in [0.25, 0.3) is 0 Å². The number of nitrogens with zero attached hydrogens (tertiary/aromatic N) is 2. The van der Waals surface area contributed by atoms with E-state index in [1.54, 1.807) is 0 Å². The lowest BCUT2D eigenvalue weighted by Crippen LogP contribution is -2.40. The van der Waals surface area contributed by atoms with Crippen molar-refractivity contribution in [2.75, 3.05) is 13.1 Å². The van der Waals surface area contributed by atoms with E-state index >= 15 is 0 Å². The number of benzene rings is 3. The molecule has 1 aliphatic heterocycles. The van der Waals surface area contributed by atoms with E-state index in [0.717, 1.165) is 50.3 Å². The standard InChI is InChI=1S/C32H37N3O2/c1-24(2)37-30-14-12-25(13-15-30)21-33-32(36)27-16-18-34(19-17-27)23-29-20-28-10-6-7-11-31(28)35(29)22-26-8-4-3-5-9-26/h3-15,20,24,27H,16-19,21-23H2,1-2H3,(H,33,36). The summed E-state index contributed by atoms with van der Waals surface area (Å²) in [7, 11) is 0. The number of carbonyl (C=O) groups excluding carboxylic acids is 1. The van der Waals surface area contributed by atoms with Crippen molar-refractivity contribution < 1.29 is 9.53 Å². The van der Waals surface area contributed by atoms with E-state index in [9.17, 15) is 4.79 Å². The van der Waals surface area contributed by atoms with Crippen molar-refractivity contribution in [3.63, 3.8) is 0 Å². The number of hydrogen-bond acceptors (Lipinski definition) is 3. The van der Waals surface area contributed by atoms with E-state index in [2.05, 4.69) is 75.4 Å². The van der Waals surface area contributed by atoms with Gasteiger partial charge in [0, 0.05) is 36.8 Å². The summed E-state index contributed by atoms with van der Waals surface area (Å²) in [6.07, 6.45) is 1.95.